The van der Waals surface area contributed by atoms with E-state index >= 15 is 0 Å². The molecule has 0 saturated heterocycles. The molecule has 0 spiro atoms. The lowest BCUT2D eigenvalue weighted by molar-refractivity contribution is 0.731. The van der Waals surface area contributed by atoms with Gasteiger partial charge in [0.2, 0.25) is 0 Å². The zero-order valence-corrected chi connectivity index (χ0v) is 9.15. The summed E-state index contributed by atoms with van der Waals surface area (Å²) in [7, 11) is 1.93. The Morgan fingerprint density at radius 1 is 1.33 bits per heavy atom. The first kappa shape index (κ1) is 9.71. The minimum absolute atomic E-state index is 0.691. The second kappa shape index (κ2) is 3.38. The molecule has 0 aromatic carbocycles. The summed E-state index contributed by atoms with van der Waals surface area (Å²) in [5, 5.41) is 4.37. The zero-order valence-electron chi connectivity index (χ0n) is 9.15. The van der Waals surface area contributed by atoms with Gasteiger partial charge in [-0.15, -0.1) is 0 Å². The van der Waals surface area contributed by atoms with Crippen molar-refractivity contribution in [2.45, 2.75) is 13.8 Å². The van der Waals surface area contributed by atoms with Crippen LogP contribution in [0.5, 0.6) is 0 Å². The molecule has 0 unspecified atom stereocenters. The van der Waals surface area contributed by atoms with E-state index in [4.69, 9.17) is 5.73 Å². The summed E-state index contributed by atoms with van der Waals surface area (Å²) in [6.07, 6.45) is 3.42. The maximum Gasteiger partial charge on any atom is 0.0675 e. The molecule has 0 atom stereocenters. The standard InChI is InChI=1S/C11H14N4/c1-7-11(8(2)15(3)14-7)9-4-5-13-6-10(9)12/h4-6H,12H2,1-3H3. The number of nitrogens with two attached hydrogens (primary N) is 1. The van der Waals surface area contributed by atoms with E-state index in [9.17, 15) is 0 Å². The molecule has 4 heteroatoms. The van der Waals surface area contributed by atoms with Gasteiger partial charge < -0.3 is 5.73 Å². The van der Waals surface area contributed by atoms with E-state index < -0.39 is 0 Å². The molecule has 0 aliphatic rings. The van der Waals surface area contributed by atoms with E-state index in [0.29, 0.717) is 5.69 Å². The third kappa shape index (κ3) is 1.48. The lowest BCUT2D eigenvalue weighted by Crippen LogP contribution is -1.94. The van der Waals surface area contributed by atoms with Gasteiger partial charge in [-0.2, -0.15) is 5.10 Å². The maximum atomic E-state index is 5.90. The van der Waals surface area contributed by atoms with Gasteiger partial charge >= 0.3 is 0 Å². The Balaban J connectivity index is 2.69. The Morgan fingerprint density at radius 3 is 2.60 bits per heavy atom. The Morgan fingerprint density at radius 2 is 2.07 bits per heavy atom. The quantitative estimate of drug-likeness (QED) is 0.765. The number of aromatic nitrogens is 3. The summed E-state index contributed by atoms with van der Waals surface area (Å²) in [6, 6.07) is 1.92. The van der Waals surface area contributed by atoms with Crippen molar-refractivity contribution in [3.8, 4) is 11.1 Å². The summed E-state index contributed by atoms with van der Waals surface area (Å²) in [5.41, 5.74) is 10.8. The molecule has 0 saturated carbocycles. The van der Waals surface area contributed by atoms with Crippen LogP contribution in [0, 0.1) is 13.8 Å². The first-order chi connectivity index (χ1) is 7.11. The van der Waals surface area contributed by atoms with E-state index in [2.05, 4.69) is 10.1 Å². The fourth-order valence-corrected chi connectivity index (χ4v) is 1.80. The fourth-order valence-electron chi connectivity index (χ4n) is 1.80. The average molecular weight is 202 g/mol. The lowest BCUT2D eigenvalue weighted by atomic mass is 10.0. The van der Waals surface area contributed by atoms with Crippen LogP contribution in [0.15, 0.2) is 18.5 Å². The number of hydrogen-bond acceptors (Lipinski definition) is 3. The number of nitrogen functional groups attached to an aromatic ring is 1. The van der Waals surface area contributed by atoms with Gasteiger partial charge in [-0.25, -0.2) is 0 Å². The van der Waals surface area contributed by atoms with Crippen molar-refractivity contribution in [1.29, 1.82) is 0 Å². The SMILES string of the molecule is Cc1nn(C)c(C)c1-c1ccncc1N. The minimum atomic E-state index is 0.691. The molecule has 0 radical (unpaired) electrons. The third-order valence-electron chi connectivity index (χ3n) is 2.63. The molecule has 2 heterocycles. The molecule has 2 rings (SSSR count). The Hall–Kier alpha value is -1.84. The van der Waals surface area contributed by atoms with Crippen LogP contribution >= 0.6 is 0 Å². The molecule has 4 nitrogen and oxygen atoms in total. The molecule has 0 fully saturated rings. The van der Waals surface area contributed by atoms with Gasteiger partial charge in [-0.1, -0.05) is 0 Å². The fraction of sp³-hybridized carbons (Fsp3) is 0.273. The number of aryl methyl sites for hydroxylation is 2. The van der Waals surface area contributed by atoms with Gasteiger partial charge in [0.1, 0.15) is 0 Å². The predicted octanol–water partition coefficient (Wildman–Crippen LogP) is 1.68. The van der Waals surface area contributed by atoms with E-state index in [0.717, 1.165) is 22.5 Å². The highest BCUT2D eigenvalue weighted by Gasteiger charge is 2.13. The lowest BCUT2D eigenvalue weighted by Gasteiger charge is -2.04. The van der Waals surface area contributed by atoms with Gasteiger partial charge in [0.05, 0.1) is 17.6 Å². The second-order valence-corrected chi connectivity index (χ2v) is 3.63. The molecule has 2 aromatic heterocycles. The van der Waals surface area contributed by atoms with Crippen LogP contribution in [-0.4, -0.2) is 14.8 Å². The monoisotopic (exact) mass is 202 g/mol. The topological polar surface area (TPSA) is 56.7 Å². The van der Waals surface area contributed by atoms with Gasteiger partial charge in [0.25, 0.3) is 0 Å². The van der Waals surface area contributed by atoms with Crippen molar-refractivity contribution in [2.75, 3.05) is 5.73 Å². The molecular formula is C11H14N4. The van der Waals surface area contributed by atoms with Crippen molar-refractivity contribution >= 4 is 5.69 Å². The molecule has 0 bridgehead atoms. The van der Waals surface area contributed by atoms with E-state index in [1.807, 2.05) is 31.6 Å². The summed E-state index contributed by atoms with van der Waals surface area (Å²) < 4.78 is 1.87. The number of hydrogen-bond donors (Lipinski definition) is 1. The number of rotatable bonds is 1. The molecule has 2 N–H and O–H groups in total. The van der Waals surface area contributed by atoms with Crippen LogP contribution < -0.4 is 5.73 Å². The summed E-state index contributed by atoms with van der Waals surface area (Å²) in [6.45, 7) is 4.03. The van der Waals surface area contributed by atoms with Gasteiger partial charge in [-0.05, 0) is 19.9 Å². The number of nitrogens with zero attached hydrogens (tertiary/aromatic N) is 3. The Labute approximate surface area is 88.8 Å². The van der Waals surface area contributed by atoms with Crippen LogP contribution in [0.25, 0.3) is 11.1 Å². The van der Waals surface area contributed by atoms with Crippen LogP contribution in [0.4, 0.5) is 5.69 Å². The van der Waals surface area contributed by atoms with Crippen molar-refractivity contribution < 1.29 is 0 Å². The highest BCUT2D eigenvalue weighted by molar-refractivity contribution is 5.78. The molecule has 78 valence electrons. The van der Waals surface area contributed by atoms with Crippen molar-refractivity contribution in [3.63, 3.8) is 0 Å². The van der Waals surface area contributed by atoms with Crippen molar-refractivity contribution in [2.24, 2.45) is 7.05 Å². The highest BCUT2D eigenvalue weighted by atomic mass is 15.3. The smallest absolute Gasteiger partial charge is 0.0675 e. The van der Waals surface area contributed by atoms with Crippen LogP contribution in [0.3, 0.4) is 0 Å². The van der Waals surface area contributed by atoms with Crippen LogP contribution in [0.2, 0.25) is 0 Å². The number of pyridine rings is 1. The maximum absolute atomic E-state index is 5.90. The molecule has 15 heavy (non-hydrogen) atoms. The average Bonchev–Trinajstić information content (AvgIpc) is 2.43. The molecule has 0 aliphatic heterocycles. The van der Waals surface area contributed by atoms with Crippen molar-refractivity contribution in [1.82, 2.24) is 14.8 Å². The van der Waals surface area contributed by atoms with Gasteiger partial charge in [-0.3, -0.25) is 9.67 Å². The first-order valence-corrected chi connectivity index (χ1v) is 4.81. The predicted molar refractivity (Wildman–Crippen MR) is 60.3 cm³/mol. The van der Waals surface area contributed by atoms with Gasteiger partial charge in [0, 0.05) is 30.1 Å². The van der Waals surface area contributed by atoms with Gasteiger partial charge in [0.15, 0.2) is 0 Å². The van der Waals surface area contributed by atoms with Crippen LogP contribution in [-0.2, 0) is 7.05 Å². The number of anilines is 1. The Bertz CT molecular complexity index is 499. The zero-order chi connectivity index (χ0) is 11.0. The Kier molecular flexibility index (Phi) is 2.19. The van der Waals surface area contributed by atoms with E-state index in [1.165, 1.54) is 0 Å². The second-order valence-electron chi connectivity index (χ2n) is 3.63. The molecular weight excluding hydrogens is 188 g/mol. The highest BCUT2D eigenvalue weighted by Crippen LogP contribution is 2.30. The molecule has 0 aliphatic carbocycles. The van der Waals surface area contributed by atoms with E-state index in [1.54, 1.807) is 12.4 Å². The van der Waals surface area contributed by atoms with E-state index in [-0.39, 0.29) is 0 Å². The first-order valence-electron chi connectivity index (χ1n) is 4.81. The molecule has 0 amide bonds. The summed E-state index contributed by atoms with van der Waals surface area (Å²) in [4.78, 5) is 3.98. The molecule has 2 aromatic rings. The minimum Gasteiger partial charge on any atom is -0.397 e. The normalized spacial score (nSPS) is 10.6. The summed E-state index contributed by atoms with van der Waals surface area (Å²) in [5.74, 6) is 0. The third-order valence-corrected chi connectivity index (χ3v) is 2.63. The largest absolute Gasteiger partial charge is 0.397 e. The van der Waals surface area contributed by atoms with Crippen LogP contribution in [0.1, 0.15) is 11.4 Å². The van der Waals surface area contributed by atoms with Crippen molar-refractivity contribution in [3.05, 3.63) is 29.8 Å². The summed E-state index contributed by atoms with van der Waals surface area (Å²) >= 11 is 0.